The summed E-state index contributed by atoms with van der Waals surface area (Å²) in [5.41, 5.74) is 1.76. The highest BCUT2D eigenvalue weighted by Crippen LogP contribution is 2.33. The third-order valence-corrected chi connectivity index (χ3v) is 5.40. The van der Waals surface area contributed by atoms with Gasteiger partial charge >= 0.3 is 5.97 Å². The molecule has 0 saturated heterocycles. The average molecular weight is 393 g/mol. The number of rotatable bonds is 11. The van der Waals surface area contributed by atoms with Crippen molar-refractivity contribution in [3.8, 4) is 0 Å². The number of nitrogens with zero attached hydrogens (tertiary/aromatic N) is 2. The Morgan fingerprint density at radius 3 is 2.04 bits per heavy atom. The average Bonchev–Trinajstić information content (AvgIpc) is 2.62. The zero-order valence-corrected chi connectivity index (χ0v) is 16.8. The molecule has 7 heteroatoms. The molecule has 1 N–H and O–H groups in total. The molecule has 0 saturated carbocycles. The number of anilines is 2. The van der Waals surface area contributed by atoms with Crippen molar-refractivity contribution in [3.05, 3.63) is 36.4 Å². The Morgan fingerprint density at radius 2 is 1.44 bits per heavy atom. The Hall–Kier alpha value is -2.28. The van der Waals surface area contributed by atoms with Gasteiger partial charge in [-0.2, -0.15) is 0 Å². The fourth-order valence-electron chi connectivity index (χ4n) is 3.25. The molecule has 2 rings (SSSR count). The number of benzene rings is 2. The van der Waals surface area contributed by atoms with Gasteiger partial charge in [-0.1, -0.05) is 43.5 Å². The molecule has 0 aromatic heterocycles. The Morgan fingerprint density at radius 1 is 0.889 bits per heavy atom. The van der Waals surface area contributed by atoms with E-state index in [9.17, 15) is 13.2 Å². The van der Waals surface area contributed by atoms with Crippen LogP contribution in [0.15, 0.2) is 36.4 Å². The van der Waals surface area contributed by atoms with E-state index in [2.05, 4.69) is 0 Å². The smallest absolute Gasteiger partial charge is 0.303 e. The Balaban J connectivity index is 2.09. The van der Waals surface area contributed by atoms with Crippen molar-refractivity contribution in [3.63, 3.8) is 0 Å². The quantitative estimate of drug-likeness (QED) is 0.451. The number of fused-ring (bicyclic) bond motifs is 1. The highest BCUT2D eigenvalue weighted by Gasteiger charge is 2.14. The molecule has 0 bridgehead atoms. The number of hydrogen-bond donors (Lipinski definition) is 2. The Kier molecular flexibility index (Phi) is 7.91. The van der Waals surface area contributed by atoms with E-state index in [1.165, 1.54) is 4.31 Å². The Labute approximate surface area is 162 Å². The molecule has 0 aliphatic rings. The van der Waals surface area contributed by atoms with Gasteiger partial charge in [0.25, 0.3) is 0 Å². The van der Waals surface area contributed by atoms with Crippen LogP contribution in [0.3, 0.4) is 0 Å². The van der Waals surface area contributed by atoms with Gasteiger partial charge < -0.3 is 10.0 Å². The number of carboxylic acids is 1. The van der Waals surface area contributed by atoms with Gasteiger partial charge in [-0.3, -0.25) is 9.10 Å². The Bertz CT molecular complexity index is 841. The van der Waals surface area contributed by atoms with E-state index in [4.69, 9.17) is 5.11 Å². The van der Waals surface area contributed by atoms with Crippen LogP contribution in [0, 0.1) is 0 Å². The van der Waals surface area contributed by atoms with Crippen LogP contribution >= 0.6 is 0 Å². The van der Waals surface area contributed by atoms with Gasteiger partial charge in [-0.15, -0.1) is 0 Å². The first-order valence-electron chi connectivity index (χ1n) is 9.24. The molecule has 148 valence electrons. The summed E-state index contributed by atoms with van der Waals surface area (Å²) in [7, 11) is 1.21. The first kappa shape index (κ1) is 21.0. The van der Waals surface area contributed by atoms with Crippen LogP contribution in [0.25, 0.3) is 10.8 Å². The molecular weight excluding hydrogens is 364 g/mol. The van der Waals surface area contributed by atoms with Gasteiger partial charge in [0.15, 0.2) is 0 Å². The second kappa shape index (κ2) is 10.2. The zero-order valence-electron chi connectivity index (χ0n) is 15.9. The molecule has 2 aromatic rings. The predicted octanol–water partition coefficient (Wildman–Crippen LogP) is 3.66. The molecule has 0 radical (unpaired) electrons. The maximum Gasteiger partial charge on any atom is 0.303 e. The number of carbonyl (C=O) groups is 1. The van der Waals surface area contributed by atoms with Crippen LogP contribution < -0.4 is 9.21 Å². The minimum atomic E-state index is -2.73. The summed E-state index contributed by atoms with van der Waals surface area (Å²) in [6, 6.07) is 11.7. The molecular formula is C20H28N2O4S. The van der Waals surface area contributed by atoms with Gasteiger partial charge in [0.2, 0.25) is 10.9 Å². The van der Waals surface area contributed by atoms with E-state index < -0.39 is 16.9 Å². The predicted molar refractivity (Wildman–Crippen MR) is 111 cm³/mol. The van der Waals surface area contributed by atoms with Crippen LogP contribution in [0.5, 0.6) is 0 Å². The van der Waals surface area contributed by atoms with Crippen molar-refractivity contribution in [1.82, 2.24) is 0 Å². The van der Waals surface area contributed by atoms with Crippen molar-refractivity contribution in [2.45, 2.75) is 38.5 Å². The van der Waals surface area contributed by atoms with Crippen LogP contribution in [0.1, 0.15) is 38.5 Å². The van der Waals surface area contributed by atoms with Crippen molar-refractivity contribution >= 4 is 39.0 Å². The normalized spacial score (nSPS) is 11.1. The molecule has 2 aromatic carbocycles. The molecule has 0 amide bonds. The fraction of sp³-hybridized carbons (Fsp3) is 0.450. The van der Waals surface area contributed by atoms with E-state index in [-0.39, 0.29) is 6.42 Å². The second-order valence-corrected chi connectivity index (χ2v) is 7.77. The zero-order chi connectivity index (χ0) is 19.8. The topological polar surface area (TPSA) is 77.9 Å². The van der Waals surface area contributed by atoms with E-state index >= 15 is 0 Å². The molecule has 0 aliphatic heterocycles. The summed E-state index contributed by atoms with van der Waals surface area (Å²) < 4.78 is 25.2. The van der Waals surface area contributed by atoms with Crippen LogP contribution in [-0.2, 0) is 15.7 Å². The van der Waals surface area contributed by atoms with Gasteiger partial charge in [0.05, 0.1) is 5.69 Å². The van der Waals surface area contributed by atoms with Crippen molar-refractivity contribution < 1.29 is 18.3 Å². The highest BCUT2D eigenvalue weighted by molar-refractivity contribution is 7.74. The summed E-state index contributed by atoms with van der Waals surface area (Å²) in [5, 5.41) is 10.6. The van der Waals surface area contributed by atoms with E-state index in [0.29, 0.717) is 18.7 Å². The highest BCUT2D eigenvalue weighted by atomic mass is 32.2. The lowest BCUT2D eigenvalue weighted by molar-refractivity contribution is -0.137. The summed E-state index contributed by atoms with van der Waals surface area (Å²) >= 11 is 0. The lowest BCUT2D eigenvalue weighted by Gasteiger charge is -2.22. The molecule has 27 heavy (non-hydrogen) atoms. The third kappa shape index (κ3) is 5.85. The maximum absolute atomic E-state index is 11.9. The van der Waals surface area contributed by atoms with Crippen LogP contribution in [0.4, 0.5) is 11.4 Å². The lowest BCUT2D eigenvalue weighted by atomic mass is 10.1. The minimum Gasteiger partial charge on any atom is -0.481 e. The second-order valence-electron chi connectivity index (χ2n) is 6.82. The monoisotopic (exact) mass is 392 g/mol. The standard InChI is InChI=1S/C20H28N2O4S/c1-21(2)18-12-8-11-17-16(18)10-9-13-19(17)22(27(25)26)15-7-5-3-4-6-14-20(23)24/h8-13,27H,3-7,14-15H2,1-2H3,(H,23,24). The van der Waals surface area contributed by atoms with Gasteiger partial charge in [0, 0.05) is 43.5 Å². The summed E-state index contributed by atoms with van der Waals surface area (Å²) in [6.45, 7) is 0.433. The molecule has 0 unspecified atom stereocenters. The fourth-order valence-corrected chi connectivity index (χ4v) is 3.91. The summed E-state index contributed by atoms with van der Waals surface area (Å²) in [4.78, 5) is 12.5. The molecule has 0 spiro atoms. The summed E-state index contributed by atoms with van der Waals surface area (Å²) in [5.74, 6) is -0.766. The van der Waals surface area contributed by atoms with Crippen LogP contribution in [0.2, 0.25) is 0 Å². The van der Waals surface area contributed by atoms with Crippen molar-refractivity contribution in [1.29, 1.82) is 0 Å². The molecule has 0 atom stereocenters. The van der Waals surface area contributed by atoms with E-state index in [0.717, 1.165) is 42.1 Å². The number of carboxylic acid groups (broad SMARTS) is 1. The summed E-state index contributed by atoms with van der Waals surface area (Å²) in [6.07, 6.45) is 4.27. The molecule has 0 aliphatic carbocycles. The number of thiol groups is 1. The number of unbranched alkanes of at least 4 members (excludes halogenated alkanes) is 4. The van der Waals surface area contributed by atoms with Crippen molar-refractivity contribution in [2.24, 2.45) is 0 Å². The van der Waals surface area contributed by atoms with E-state index in [1.807, 2.05) is 55.4 Å². The third-order valence-electron chi connectivity index (χ3n) is 4.59. The largest absolute Gasteiger partial charge is 0.481 e. The van der Waals surface area contributed by atoms with Gasteiger partial charge in [-0.05, 0) is 25.0 Å². The number of aliphatic carboxylic acids is 1. The number of hydrogen-bond acceptors (Lipinski definition) is 4. The van der Waals surface area contributed by atoms with E-state index in [1.54, 1.807) is 0 Å². The SMILES string of the molecule is CN(C)c1cccc2c(N(CCCCCCCC(=O)O)[SH](=O)=O)cccc12. The van der Waals surface area contributed by atoms with Gasteiger partial charge in [0.1, 0.15) is 0 Å². The van der Waals surface area contributed by atoms with Crippen molar-refractivity contribution in [2.75, 3.05) is 29.8 Å². The maximum atomic E-state index is 11.9. The van der Waals surface area contributed by atoms with Gasteiger partial charge in [-0.25, -0.2) is 8.42 Å². The molecule has 0 heterocycles. The minimum absolute atomic E-state index is 0.197. The lowest BCUT2D eigenvalue weighted by Crippen LogP contribution is -2.22. The first-order chi connectivity index (χ1) is 12.9. The first-order valence-corrected chi connectivity index (χ1v) is 10.4. The van der Waals surface area contributed by atoms with Crippen LogP contribution in [-0.4, -0.2) is 40.1 Å². The molecule has 0 fully saturated rings. The molecule has 6 nitrogen and oxygen atoms in total.